The van der Waals surface area contributed by atoms with Gasteiger partial charge in [-0.15, -0.1) is 0 Å². The molecule has 1 fully saturated rings. The van der Waals surface area contributed by atoms with Crippen molar-refractivity contribution in [2.45, 2.75) is 25.9 Å². The minimum Gasteiger partial charge on any atom is -0.384 e. The molecule has 1 aliphatic heterocycles. The Morgan fingerprint density at radius 1 is 1.45 bits per heavy atom. The molecule has 2 rings (SSSR count). The van der Waals surface area contributed by atoms with E-state index >= 15 is 0 Å². The van der Waals surface area contributed by atoms with Gasteiger partial charge in [-0.05, 0) is 18.1 Å². The van der Waals surface area contributed by atoms with Crippen molar-refractivity contribution in [1.82, 2.24) is 10.2 Å². The minimum absolute atomic E-state index is 0.0670. The van der Waals surface area contributed by atoms with Crippen LogP contribution in [0.15, 0.2) is 24.3 Å². The molecule has 4 nitrogen and oxygen atoms in total. The molecule has 1 aromatic rings. The van der Waals surface area contributed by atoms with Gasteiger partial charge in [0.2, 0.25) is 5.91 Å². The van der Waals surface area contributed by atoms with Gasteiger partial charge in [-0.3, -0.25) is 9.69 Å². The Kier molecular flexibility index (Phi) is 5.16. The molecule has 1 unspecified atom stereocenters. The van der Waals surface area contributed by atoms with E-state index in [1.165, 1.54) is 0 Å². The summed E-state index contributed by atoms with van der Waals surface area (Å²) in [5.74, 6) is 5.76. The van der Waals surface area contributed by atoms with E-state index in [9.17, 15) is 4.79 Å². The number of hydrogen-bond acceptors (Lipinski definition) is 3. The number of rotatable bonds is 3. The molecule has 0 radical (unpaired) electrons. The molecule has 1 aromatic carbocycles. The van der Waals surface area contributed by atoms with Crippen LogP contribution in [0.3, 0.4) is 0 Å². The first-order chi connectivity index (χ1) is 9.76. The average molecular weight is 272 g/mol. The fourth-order valence-electron chi connectivity index (χ4n) is 2.53. The first kappa shape index (κ1) is 14.6. The van der Waals surface area contributed by atoms with Crippen molar-refractivity contribution in [1.29, 1.82) is 0 Å². The molecule has 1 amide bonds. The SMILES string of the molecule is CCC1C(=O)NCCN1Cc1ccccc1C#CCO. The van der Waals surface area contributed by atoms with Crippen LogP contribution in [0.1, 0.15) is 24.5 Å². The Morgan fingerprint density at radius 3 is 3.00 bits per heavy atom. The zero-order valence-electron chi connectivity index (χ0n) is 11.7. The van der Waals surface area contributed by atoms with Gasteiger partial charge in [0.15, 0.2) is 0 Å². The number of carbonyl (C=O) groups is 1. The molecule has 0 aliphatic carbocycles. The first-order valence-electron chi connectivity index (χ1n) is 6.95. The van der Waals surface area contributed by atoms with E-state index in [1.54, 1.807) is 0 Å². The Hall–Kier alpha value is -1.83. The lowest BCUT2D eigenvalue weighted by molar-refractivity contribution is -0.129. The van der Waals surface area contributed by atoms with E-state index in [2.05, 4.69) is 22.1 Å². The average Bonchev–Trinajstić information content (AvgIpc) is 2.47. The number of carbonyl (C=O) groups excluding carboxylic acids is 1. The standard InChI is InChI=1S/C16H20N2O2/c1-2-15-16(20)17-9-10-18(15)12-14-7-4-3-6-13(14)8-5-11-19/h3-4,6-7,15,19H,2,9-12H2,1H3,(H,17,20). The van der Waals surface area contributed by atoms with Gasteiger partial charge in [-0.2, -0.15) is 0 Å². The van der Waals surface area contributed by atoms with Crippen molar-refractivity contribution >= 4 is 5.91 Å². The van der Waals surface area contributed by atoms with Crippen LogP contribution in [-0.4, -0.2) is 41.7 Å². The highest BCUT2D eigenvalue weighted by Crippen LogP contribution is 2.16. The molecule has 0 saturated carbocycles. The van der Waals surface area contributed by atoms with Crippen LogP contribution >= 0.6 is 0 Å². The van der Waals surface area contributed by atoms with E-state index in [4.69, 9.17) is 5.11 Å². The Balaban J connectivity index is 2.18. The van der Waals surface area contributed by atoms with E-state index in [1.807, 2.05) is 31.2 Å². The zero-order chi connectivity index (χ0) is 14.4. The summed E-state index contributed by atoms with van der Waals surface area (Å²) in [6.45, 7) is 4.14. The second-order valence-corrected chi connectivity index (χ2v) is 4.80. The van der Waals surface area contributed by atoms with Gasteiger partial charge in [0.05, 0.1) is 6.04 Å². The van der Waals surface area contributed by atoms with Gasteiger partial charge in [-0.1, -0.05) is 37.0 Å². The van der Waals surface area contributed by atoms with Gasteiger partial charge >= 0.3 is 0 Å². The van der Waals surface area contributed by atoms with Gasteiger partial charge in [0, 0.05) is 25.2 Å². The summed E-state index contributed by atoms with van der Waals surface area (Å²) in [4.78, 5) is 14.1. The molecule has 4 heteroatoms. The van der Waals surface area contributed by atoms with E-state index in [-0.39, 0.29) is 18.6 Å². The summed E-state index contributed by atoms with van der Waals surface area (Å²) < 4.78 is 0. The third kappa shape index (κ3) is 3.38. The maximum atomic E-state index is 11.9. The molecule has 0 aromatic heterocycles. The topological polar surface area (TPSA) is 52.6 Å². The third-order valence-electron chi connectivity index (χ3n) is 3.52. The number of piperazine rings is 1. The molecule has 2 N–H and O–H groups in total. The molecule has 1 aliphatic rings. The van der Waals surface area contributed by atoms with Gasteiger partial charge < -0.3 is 10.4 Å². The van der Waals surface area contributed by atoms with Crippen LogP contribution in [0.5, 0.6) is 0 Å². The molecular weight excluding hydrogens is 252 g/mol. The smallest absolute Gasteiger partial charge is 0.237 e. The highest BCUT2D eigenvalue weighted by Gasteiger charge is 2.28. The number of hydrogen-bond donors (Lipinski definition) is 2. The lowest BCUT2D eigenvalue weighted by Gasteiger charge is -2.34. The molecule has 1 atom stereocenters. The summed E-state index contributed by atoms with van der Waals surface area (Å²) in [6, 6.07) is 7.82. The van der Waals surface area contributed by atoms with Crippen molar-refractivity contribution in [3.8, 4) is 11.8 Å². The van der Waals surface area contributed by atoms with Crippen LogP contribution < -0.4 is 5.32 Å². The second kappa shape index (κ2) is 7.09. The molecule has 0 spiro atoms. The minimum atomic E-state index is -0.141. The Labute approximate surface area is 119 Å². The van der Waals surface area contributed by atoms with Crippen molar-refractivity contribution < 1.29 is 9.90 Å². The summed E-state index contributed by atoms with van der Waals surface area (Å²) in [5, 5.41) is 11.7. The van der Waals surface area contributed by atoms with Crippen LogP contribution in [0.2, 0.25) is 0 Å². The van der Waals surface area contributed by atoms with Crippen molar-refractivity contribution in [2.24, 2.45) is 0 Å². The van der Waals surface area contributed by atoms with Crippen molar-refractivity contribution in [2.75, 3.05) is 19.7 Å². The number of benzene rings is 1. The molecule has 20 heavy (non-hydrogen) atoms. The summed E-state index contributed by atoms with van der Waals surface area (Å²) >= 11 is 0. The third-order valence-corrected chi connectivity index (χ3v) is 3.52. The predicted octanol–water partition coefficient (Wildman–Crippen LogP) is 0.741. The van der Waals surface area contributed by atoms with Gasteiger partial charge in [0.1, 0.15) is 6.61 Å². The quantitative estimate of drug-likeness (QED) is 0.798. The van der Waals surface area contributed by atoms with Gasteiger partial charge in [-0.25, -0.2) is 0 Å². The zero-order valence-corrected chi connectivity index (χ0v) is 11.7. The molecule has 106 valence electrons. The lowest BCUT2D eigenvalue weighted by atomic mass is 10.0. The largest absolute Gasteiger partial charge is 0.384 e. The monoisotopic (exact) mass is 272 g/mol. The van der Waals surface area contributed by atoms with Crippen LogP contribution in [0.25, 0.3) is 0 Å². The van der Waals surface area contributed by atoms with Crippen LogP contribution in [-0.2, 0) is 11.3 Å². The maximum Gasteiger partial charge on any atom is 0.237 e. The van der Waals surface area contributed by atoms with Crippen molar-refractivity contribution in [3.63, 3.8) is 0 Å². The Bertz CT molecular complexity index is 531. The number of amides is 1. The molecule has 0 bridgehead atoms. The van der Waals surface area contributed by atoms with E-state index in [0.717, 1.165) is 24.1 Å². The second-order valence-electron chi connectivity index (χ2n) is 4.80. The fourth-order valence-corrected chi connectivity index (χ4v) is 2.53. The highest BCUT2D eigenvalue weighted by molar-refractivity contribution is 5.82. The first-order valence-corrected chi connectivity index (χ1v) is 6.95. The number of nitrogens with one attached hydrogen (secondary N) is 1. The summed E-state index contributed by atoms with van der Waals surface area (Å²) in [7, 11) is 0. The summed E-state index contributed by atoms with van der Waals surface area (Å²) in [5.41, 5.74) is 2.02. The van der Waals surface area contributed by atoms with E-state index < -0.39 is 0 Å². The predicted molar refractivity (Wildman–Crippen MR) is 77.9 cm³/mol. The lowest BCUT2D eigenvalue weighted by Crippen LogP contribution is -2.54. The van der Waals surface area contributed by atoms with Gasteiger partial charge in [0.25, 0.3) is 0 Å². The number of aliphatic hydroxyl groups excluding tert-OH is 1. The van der Waals surface area contributed by atoms with Crippen LogP contribution in [0, 0.1) is 11.8 Å². The normalized spacial score (nSPS) is 19.1. The number of nitrogens with zero attached hydrogens (tertiary/aromatic N) is 1. The Morgan fingerprint density at radius 2 is 2.25 bits per heavy atom. The fraction of sp³-hybridized carbons (Fsp3) is 0.438. The number of aliphatic hydroxyl groups is 1. The maximum absolute atomic E-state index is 11.9. The van der Waals surface area contributed by atoms with Crippen molar-refractivity contribution in [3.05, 3.63) is 35.4 Å². The molecular formula is C16H20N2O2. The van der Waals surface area contributed by atoms with Crippen LogP contribution in [0.4, 0.5) is 0 Å². The summed E-state index contributed by atoms with van der Waals surface area (Å²) in [6.07, 6.45) is 0.802. The molecule has 1 heterocycles. The van der Waals surface area contributed by atoms with E-state index in [0.29, 0.717) is 13.1 Å². The highest BCUT2D eigenvalue weighted by atomic mass is 16.2. The molecule has 1 saturated heterocycles.